The second-order valence-electron chi connectivity index (χ2n) is 4.05. The van der Waals surface area contributed by atoms with Gasteiger partial charge in [0, 0.05) is 26.3 Å². The number of methoxy groups -OCH3 is 1. The summed E-state index contributed by atoms with van der Waals surface area (Å²) >= 11 is 0. The SMILES string of the molecule is COCCCC1CNc2ccc(F)cc2N1. The zero-order valence-corrected chi connectivity index (χ0v) is 9.42. The number of anilines is 2. The molecule has 0 aliphatic carbocycles. The summed E-state index contributed by atoms with van der Waals surface area (Å²) in [6.45, 7) is 1.65. The molecule has 2 rings (SSSR count). The minimum Gasteiger partial charge on any atom is -0.385 e. The topological polar surface area (TPSA) is 33.3 Å². The van der Waals surface area contributed by atoms with E-state index in [9.17, 15) is 4.39 Å². The molecule has 0 bridgehead atoms. The number of ether oxygens (including phenoxy) is 1. The molecule has 0 saturated heterocycles. The van der Waals surface area contributed by atoms with Gasteiger partial charge in [0.05, 0.1) is 11.4 Å². The second-order valence-corrected chi connectivity index (χ2v) is 4.05. The van der Waals surface area contributed by atoms with Crippen LogP contribution in [0.1, 0.15) is 12.8 Å². The highest BCUT2D eigenvalue weighted by Crippen LogP contribution is 2.27. The molecule has 0 spiro atoms. The number of hydrogen-bond acceptors (Lipinski definition) is 3. The van der Waals surface area contributed by atoms with Crippen LogP contribution < -0.4 is 10.6 Å². The van der Waals surface area contributed by atoms with Crippen molar-refractivity contribution in [2.24, 2.45) is 0 Å². The van der Waals surface area contributed by atoms with E-state index in [1.54, 1.807) is 13.2 Å². The summed E-state index contributed by atoms with van der Waals surface area (Å²) in [4.78, 5) is 0. The molecule has 0 radical (unpaired) electrons. The molecule has 3 nitrogen and oxygen atoms in total. The van der Waals surface area contributed by atoms with Crippen LogP contribution in [0.25, 0.3) is 0 Å². The van der Waals surface area contributed by atoms with Crippen molar-refractivity contribution in [1.82, 2.24) is 0 Å². The average molecular weight is 224 g/mol. The lowest BCUT2D eigenvalue weighted by molar-refractivity contribution is 0.191. The number of hydrogen-bond donors (Lipinski definition) is 2. The van der Waals surface area contributed by atoms with Crippen molar-refractivity contribution in [2.45, 2.75) is 18.9 Å². The first-order valence-electron chi connectivity index (χ1n) is 5.58. The number of halogens is 1. The Kier molecular flexibility index (Phi) is 3.62. The quantitative estimate of drug-likeness (QED) is 0.771. The van der Waals surface area contributed by atoms with Crippen molar-refractivity contribution in [2.75, 3.05) is 30.9 Å². The van der Waals surface area contributed by atoms with Gasteiger partial charge in [-0.1, -0.05) is 0 Å². The van der Waals surface area contributed by atoms with E-state index in [0.29, 0.717) is 6.04 Å². The summed E-state index contributed by atoms with van der Waals surface area (Å²) in [5, 5.41) is 6.64. The largest absolute Gasteiger partial charge is 0.385 e. The van der Waals surface area contributed by atoms with E-state index in [-0.39, 0.29) is 5.82 Å². The van der Waals surface area contributed by atoms with Gasteiger partial charge in [-0.15, -0.1) is 0 Å². The number of rotatable bonds is 4. The molecule has 4 heteroatoms. The third-order valence-corrected chi connectivity index (χ3v) is 2.78. The lowest BCUT2D eigenvalue weighted by Crippen LogP contribution is -2.33. The first-order chi connectivity index (χ1) is 7.79. The molecule has 1 aliphatic rings. The van der Waals surface area contributed by atoms with Crippen molar-refractivity contribution in [3.63, 3.8) is 0 Å². The maximum Gasteiger partial charge on any atom is 0.125 e. The van der Waals surface area contributed by atoms with E-state index in [1.807, 2.05) is 0 Å². The van der Waals surface area contributed by atoms with Crippen molar-refractivity contribution < 1.29 is 9.13 Å². The zero-order valence-electron chi connectivity index (χ0n) is 9.42. The first-order valence-corrected chi connectivity index (χ1v) is 5.58. The maximum absolute atomic E-state index is 13.0. The molecule has 1 heterocycles. The van der Waals surface area contributed by atoms with Crippen LogP contribution in [0, 0.1) is 5.82 Å². The van der Waals surface area contributed by atoms with Gasteiger partial charge in [-0.3, -0.25) is 0 Å². The van der Waals surface area contributed by atoms with Crippen molar-refractivity contribution in [1.29, 1.82) is 0 Å². The maximum atomic E-state index is 13.0. The highest BCUT2D eigenvalue weighted by atomic mass is 19.1. The van der Waals surface area contributed by atoms with E-state index < -0.39 is 0 Å². The van der Waals surface area contributed by atoms with Crippen molar-refractivity contribution in [3.8, 4) is 0 Å². The molecule has 0 saturated carbocycles. The normalized spacial score (nSPS) is 18.5. The lowest BCUT2D eigenvalue weighted by Gasteiger charge is -2.28. The Morgan fingerprint density at radius 2 is 2.31 bits per heavy atom. The zero-order chi connectivity index (χ0) is 11.4. The number of fused-ring (bicyclic) bond motifs is 1. The van der Waals surface area contributed by atoms with Gasteiger partial charge in [0.25, 0.3) is 0 Å². The van der Waals surface area contributed by atoms with E-state index in [0.717, 1.165) is 37.4 Å². The van der Waals surface area contributed by atoms with E-state index >= 15 is 0 Å². The molecule has 1 aromatic rings. The Labute approximate surface area is 95.0 Å². The van der Waals surface area contributed by atoms with Crippen LogP contribution in [0.5, 0.6) is 0 Å². The molecule has 2 N–H and O–H groups in total. The molecule has 1 unspecified atom stereocenters. The first kappa shape index (κ1) is 11.2. The minimum absolute atomic E-state index is 0.203. The lowest BCUT2D eigenvalue weighted by atomic mass is 10.1. The summed E-state index contributed by atoms with van der Waals surface area (Å²) < 4.78 is 18.1. The summed E-state index contributed by atoms with van der Waals surface area (Å²) in [6, 6.07) is 5.12. The minimum atomic E-state index is -0.203. The second kappa shape index (κ2) is 5.16. The van der Waals surface area contributed by atoms with Crippen LogP contribution in [0.15, 0.2) is 18.2 Å². The van der Waals surface area contributed by atoms with Crippen LogP contribution >= 0.6 is 0 Å². The Balaban J connectivity index is 1.94. The van der Waals surface area contributed by atoms with E-state index in [2.05, 4.69) is 10.6 Å². The summed E-state index contributed by atoms with van der Waals surface area (Å²) in [6.07, 6.45) is 2.04. The van der Waals surface area contributed by atoms with Gasteiger partial charge in [-0.2, -0.15) is 0 Å². The van der Waals surface area contributed by atoms with Crippen molar-refractivity contribution >= 4 is 11.4 Å². The van der Waals surface area contributed by atoms with Gasteiger partial charge >= 0.3 is 0 Å². The van der Waals surface area contributed by atoms with E-state index in [1.165, 1.54) is 12.1 Å². The van der Waals surface area contributed by atoms with Gasteiger partial charge in [0.15, 0.2) is 0 Å². The Morgan fingerprint density at radius 3 is 3.12 bits per heavy atom. The smallest absolute Gasteiger partial charge is 0.125 e. The fourth-order valence-corrected chi connectivity index (χ4v) is 1.94. The summed E-state index contributed by atoms with van der Waals surface area (Å²) in [5.41, 5.74) is 1.83. The predicted octanol–water partition coefficient (Wildman–Crippen LogP) is 2.46. The summed E-state index contributed by atoms with van der Waals surface area (Å²) in [7, 11) is 1.71. The van der Waals surface area contributed by atoms with Crippen LogP contribution in [0.3, 0.4) is 0 Å². The Hall–Kier alpha value is -1.29. The fraction of sp³-hybridized carbons (Fsp3) is 0.500. The average Bonchev–Trinajstić information content (AvgIpc) is 2.29. The van der Waals surface area contributed by atoms with Crippen molar-refractivity contribution in [3.05, 3.63) is 24.0 Å². The van der Waals surface area contributed by atoms with Crippen LogP contribution in [0.2, 0.25) is 0 Å². The van der Waals surface area contributed by atoms with Gasteiger partial charge in [-0.25, -0.2) is 4.39 Å². The third kappa shape index (κ3) is 2.64. The predicted molar refractivity (Wildman–Crippen MR) is 63.4 cm³/mol. The van der Waals surface area contributed by atoms with Gasteiger partial charge in [-0.05, 0) is 31.0 Å². The third-order valence-electron chi connectivity index (χ3n) is 2.78. The van der Waals surface area contributed by atoms with Crippen LogP contribution in [-0.4, -0.2) is 26.3 Å². The Morgan fingerprint density at radius 1 is 1.44 bits per heavy atom. The van der Waals surface area contributed by atoms with Gasteiger partial charge < -0.3 is 15.4 Å². The van der Waals surface area contributed by atoms with Crippen LogP contribution in [0.4, 0.5) is 15.8 Å². The Bertz CT molecular complexity index is 357. The molecular formula is C12H17FN2O. The van der Waals surface area contributed by atoms with Crippen LogP contribution in [-0.2, 0) is 4.74 Å². The highest BCUT2D eigenvalue weighted by molar-refractivity contribution is 5.71. The molecule has 88 valence electrons. The summed E-state index contributed by atoms with van der Waals surface area (Å²) in [5.74, 6) is -0.203. The molecule has 1 aromatic carbocycles. The molecule has 1 atom stereocenters. The van der Waals surface area contributed by atoms with E-state index in [4.69, 9.17) is 4.74 Å². The molecule has 0 fully saturated rings. The number of benzene rings is 1. The molecule has 16 heavy (non-hydrogen) atoms. The van der Waals surface area contributed by atoms with Gasteiger partial charge in [0.1, 0.15) is 5.82 Å². The molecule has 1 aliphatic heterocycles. The standard InChI is InChI=1S/C12H17FN2O/c1-16-6-2-3-10-8-14-11-5-4-9(13)7-12(11)15-10/h4-5,7,10,14-15H,2-3,6,8H2,1H3. The fourth-order valence-electron chi connectivity index (χ4n) is 1.94. The number of nitrogens with one attached hydrogen (secondary N) is 2. The van der Waals surface area contributed by atoms with Gasteiger partial charge in [0.2, 0.25) is 0 Å². The molecule has 0 aromatic heterocycles. The monoisotopic (exact) mass is 224 g/mol. The molecular weight excluding hydrogens is 207 g/mol. The highest BCUT2D eigenvalue weighted by Gasteiger charge is 2.16. The molecule has 0 amide bonds.